The number of hydrogen-bond acceptors (Lipinski definition) is 13. The first-order valence-electron chi connectivity index (χ1n) is 17.1. The molecule has 0 radical (unpaired) electrons. The number of oxime groups is 1. The van der Waals surface area contributed by atoms with E-state index >= 15 is 0 Å². The quantitative estimate of drug-likeness (QED) is 0.101. The van der Waals surface area contributed by atoms with Crippen LogP contribution in [0.5, 0.6) is 0 Å². The number of hydrogen-bond donors (Lipinski definition) is 2. The maximum Gasteiger partial charge on any atom is 0.316 e. The van der Waals surface area contributed by atoms with Crippen molar-refractivity contribution in [3.63, 3.8) is 0 Å². The van der Waals surface area contributed by atoms with Crippen LogP contribution in [-0.4, -0.2) is 128 Å². The van der Waals surface area contributed by atoms with E-state index in [2.05, 4.69) is 11.7 Å². The number of carbonyl (C=O) groups is 2. The summed E-state index contributed by atoms with van der Waals surface area (Å²) in [7, 11) is 5.26. The average Bonchev–Trinajstić information content (AvgIpc) is 3.03. The summed E-state index contributed by atoms with van der Waals surface area (Å²) in [5, 5.41) is 28.1. The number of rotatable bonds is 7. The second-order valence-electron chi connectivity index (χ2n) is 14.6. The Morgan fingerprint density at radius 1 is 1.08 bits per heavy atom. The molecule has 0 aromatic carbocycles. The molecule has 2 bridgehead atoms. The molecule has 0 aromatic heterocycles. The van der Waals surface area contributed by atoms with Gasteiger partial charge in [0, 0.05) is 30.9 Å². The molecule has 48 heavy (non-hydrogen) atoms. The fourth-order valence-electron chi connectivity index (χ4n) is 7.53. The lowest BCUT2D eigenvalue weighted by atomic mass is 9.74. The molecule has 13 nitrogen and oxygen atoms in total. The third-order valence-electron chi connectivity index (χ3n) is 10.2. The van der Waals surface area contributed by atoms with Gasteiger partial charge in [0.15, 0.2) is 12.1 Å². The molecule has 3 rings (SSSR count). The highest BCUT2D eigenvalue weighted by Crippen LogP contribution is 2.40. The Morgan fingerprint density at radius 3 is 2.35 bits per heavy atom. The van der Waals surface area contributed by atoms with E-state index in [4.69, 9.17) is 33.3 Å². The summed E-state index contributed by atoms with van der Waals surface area (Å²) in [5.41, 5.74) is -1.81. The average molecular weight is 685 g/mol. The molecule has 0 amide bonds. The van der Waals surface area contributed by atoms with Crippen molar-refractivity contribution in [1.82, 2.24) is 4.90 Å². The summed E-state index contributed by atoms with van der Waals surface area (Å²) in [5.74, 6) is -4.26. The predicted molar refractivity (Wildman–Crippen MR) is 178 cm³/mol. The molecule has 3 aliphatic heterocycles. The first kappa shape index (κ1) is 40.5. The fraction of sp³-hybridized carbons (Fsp3) is 0.857. The fourth-order valence-corrected chi connectivity index (χ4v) is 7.53. The number of Topliss-reactive ketones (excluding diaryl/α,β-unsaturated/α-hetero) is 1. The minimum atomic E-state index is -1.71. The Balaban J connectivity index is 2.27. The van der Waals surface area contributed by atoms with E-state index in [1.54, 1.807) is 20.8 Å². The molecule has 13 heteroatoms. The van der Waals surface area contributed by atoms with Gasteiger partial charge in [-0.25, -0.2) is 0 Å². The zero-order chi connectivity index (χ0) is 36.1. The molecule has 0 aromatic rings. The van der Waals surface area contributed by atoms with Gasteiger partial charge in [-0.3, -0.25) is 9.59 Å². The maximum absolute atomic E-state index is 14.2. The highest BCUT2D eigenvalue weighted by Gasteiger charge is 2.53. The molecule has 3 heterocycles. The van der Waals surface area contributed by atoms with Crippen molar-refractivity contribution < 1.29 is 53.1 Å². The third kappa shape index (κ3) is 9.03. The Hall–Kier alpha value is -1.97. The van der Waals surface area contributed by atoms with Crippen molar-refractivity contribution >= 4 is 17.5 Å². The Bertz CT molecular complexity index is 1150. The van der Waals surface area contributed by atoms with E-state index in [0.29, 0.717) is 17.7 Å². The van der Waals surface area contributed by atoms with Crippen LogP contribution in [0.2, 0.25) is 0 Å². The number of aliphatic hydroxyl groups excluding tert-OH is 1. The number of aliphatic hydroxyl groups is 2. The van der Waals surface area contributed by atoms with E-state index in [0.717, 1.165) is 0 Å². The van der Waals surface area contributed by atoms with Gasteiger partial charge in [0.05, 0.1) is 42.8 Å². The molecule has 276 valence electrons. The van der Waals surface area contributed by atoms with Crippen LogP contribution in [0.1, 0.15) is 74.7 Å². The van der Waals surface area contributed by atoms with Gasteiger partial charge in [0.1, 0.15) is 23.7 Å². The number of carbonyl (C=O) groups excluding carboxylic acids is 2. The van der Waals surface area contributed by atoms with Gasteiger partial charge < -0.3 is 48.4 Å². The van der Waals surface area contributed by atoms with E-state index < -0.39 is 71.4 Å². The van der Waals surface area contributed by atoms with Crippen LogP contribution in [-0.2, 0) is 42.8 Å². The first-order valence-corrected chi connectivity index (χ1v) is 17.1. The van der Waals surface area contributed by atoms with Crippen molar-refractivity contribution in [3.8, 4) is 0 Å². The Morgan fingerprint density at radius 2 is 1.75 bits per heavy atom. The van der Waals surface area contributed by atoms with Gasteiger partial charge in [-0.2, -0.15) is 0 Å². The zero-order valence-electron chi connectivity index (χ0n) is 30.8. The van der Waals surface area contributed by atoms with Crippen LogP contribution in [0.25, 0.3) is 0 Å². The molecule has 5 unspecified atom stereocenters. The van der Waals surface area contributed by atoms with E-state index in [9.17, 15) is 19.8 Å². The smallest absolute Gasteiger partial charge is 0.316 e. The molecule has 3 fully saturated rings. The van der Waals surface area contributed by atoms with Crippen LogP contribution >= 0.6 is 0 Å². The second-order valence-corrected chi connectivity index (χ2v) is 14.6. The molecule has 0 saturated carbocycles. The second kappa shape index (κ2) is 16.8. The Labute approximate surface area is 286 Å². The molecule has 3 aliphatic rings. The summed E-state index contributed by atoms with van der Waals surface area (Å²) in [4.78, 5) is 35.3. The normalized spacial score (nSPS) is 43.3. The van der Waals surface area contributed by atoms with Gasteiger partial charge in [-0.1, -0.05) is 39.4 Å². The SMILES string of the molecule is C=C1COC2C(C)/C(=N/OCOC)C(C)C[C@@](C)(OC1)C(O[C@@H]1O[C@H](C)C[C@H](N(C)C)C1O)[C@@H](C)C(=O)[C@@H](C)C(=O)O[C@H](CC)[C@@]2(C)O. The minimum absolute atomic E-state index is 0.0229. The lowest BCUT2D eigenvalue weighted by Gasteiger charge is -2.47. The minimum Gasteiger partial charge on any atom is -0.459 e. The van der Waals surface area contributed by atoms with Crippen molar-refractivity contribution in [2.45, 2.75) is 129 Å². The summed E-state index contributed by atoms with van der Waals surface area (Å²) in [6, 6.07) is -0.262. The summed E-state index contributed by atoms with van der Waals surface area (Å²) in [6.45, 7) is 18.3. The number of methoxy groups -OCH3 is 1. The zero-order valence-corrected chi connectivity index (χ0v) is 30.8. The van der Waals surface area contributed by atoms with Gasteiger partial charge in [0.25, 0.3) is 0 Å². The molecule has 3 saturated heterocycles. The molecular formula is C35H60N2O11. The number of esters is 1. The van der Waals surface area contributed by atoms with Crippen LogP contribution < -0.4 is 0 Å². The van der Waals surface area contributed by atoms with Crippen LogP contribution in [0.15, 0.2) is 17.3 Å². The molecule has 0 aliphatic carbocycles. The van der Waals surface area contributed by atoms with Gasteiger partial charge in [0.2, 0.25) is 6.79 Å². The highest BCUT2D eigenvalue weighted by atomic mass is 16.7. The number of nitrogens with zero attached hydrogens (tertiary/aromatic N) is 2. The number of cyclic esters (lactones) is 1. The molecule has 13 atom stereocenters. The van der Waals surface area contributed by atoms with Crippen molar-refractivity contribution in [3.05, 3.63) is 12.2 Å². The van der Waals surface area contributed by atoms with E-state index in [-0.39, 0.29) is 50.9 Å². The number of ether oxygens (including phenoxy) is 6. The topological polar surface area (TPSA) is 155 Å². The monoisotopic (exact) mass is 684 g/mol. The predicted octanol–water partition coefficient (Wildman–Crippen LogP) is 3.09. The standard InChI is InChI=1S/C35H60N2O11/c1-13-26-35(9,41)31-22(5)27(36-45-18-42-12)20(3)15-34(8,44-17-19(2)16-43-31)30(23(6)28(38)24(7)32(40)47-26)48-33-29(39)25(37(10)11)14-21(4)46-33/h20-26,29-31,33,39,41H,2,13-18H2,1,3-12H3/b36-27+/t20?,21-,22?,23+,24-,25+,26-,29?,30?,31?,33+,34-,35-/m1/s1. The van der Waals surface area contributed by atoms with Crippen LogP contribution in [0, 0.1) is 23.7 Å². The van der Waals surface area contributed by atoms with E-state index in [1.165, 1.54) is 14.0 Å². The lowest BCUT2D eigenvalue weighted by molar-refractivity contribution is -0.296. The summed E-state index contributed by atoms with van der Waals surface area (Å²) >= 11 is 0. The van der Waals surface area contributed by atoms with Crippen molar-refractivity contribution in [1.29, 1.82) is 0 Å². The lowest BCUT2D eigenvalue weighted by Crippen LogP contribution is -2.60. The van der Waals surface area contributed by atoms with Gasteiger partial charge in [-0.05, 0) is 66.6 Å². The van der Waals surface area contributed by atoms with E-state index in [1.807, 2.05) is 46.7 Å². The molecular weight excluding hydrogens is 624 g/mol. The number of fused-ring (bicyclic) bond motifs is 5. The highest BCUT2D eigenvalue weighted by molar-refractivity contribution is 6.00. The maximum atomic E-state index is 14.2. The van der Waals surface area contributed by atoms with Crippen LogP contribution in [0.4, 0.5) is 0 Å². The number of ketones is 1. The first-order chi connectivity index (χ1) is 22.4. The molecule has 2 N–H and O–H groups in total. The van der Waals surface area contributed by atoms with Crippen LogP contribution in [0.3, 0.4) is 0 Å². The van der Waals surface area contributed by atoms with Crippen molar-refractivity contribution in [2.75, 3.05) is 41.2 Å². The van der Waals surface area contributed by atoms with Gasteiger partial charge >= 0.3 is 5.97 Å². The third-order valence-corrected chi connectivity index (χ3v) is 10.2. The largest absolute Gasteiger partial charge is 0.459 e. The number of likely N-dealkylation sites (N-methyl/N-ethyl adjacent to an activating group) is 1. The summed E-state index contributed by atoms with van der Waals surface area (Å²) < 4.78 is 37.0. The Kier molecular flexibility index (Phi) is 14.2. The van der Waals surface area contributed by atoms with Crippen molar-refractivity contribution in [2.24, 2.45) is 28.8 Å². The van der Waals surface area contributed by atoms with Gasteiger partial charge in [-0.15, -0.1) is 0 Å². The summed E-state index contributed by atoms with van der Waals surface area (Å²) in [6.07, 6.45) is -4.23. The molecule has 0 spiro atoms.